The largest absolute Gasteiger partial charge is 0.297 e. The molecule has 82 valence electrons. The van der Waals surface area contributed by atoms with Gasteiger partial charge in [-0.3, -0.25) is 10.2 Å². The summed E-state index contributed by atoms with van der Waals surface area (Å²) in [7, 11) is 0. The van der Waals surface area contributed by atoms with Crippen molar-refractivity contribution in [3.8, 4) is 0 Å². The van der Waals surface area contributed by atoms with Crippen LogP contribution in [0, 0.1) is 0 Å². The molecule has 0 atom stereocenters. The molecule has 16 heavy (non-hydrogen) atoms. The summed E-state index contributed by atoms with van der Waals surface area (Å²) in [4.78, 5) is 15.1. The molecule has 4 heteroatoms. The lowest BCUT2D eigenvalue weighted by molar-refractivity contribution is -0.112. The van der Waals surface area contributed by atoms with E-state index in [-0.39, 0.29) is 5.78 Å². The fraction of sp³-hybridized carbons (Fsp3) is 0.167. The standard InChI is InChI=1S/C12H13N3O/c1-9(7-10(2)16)14-15-8-13-11-5-3-4-6-12(11)15/h3-8,14H,1-2H3/b9-7+. The number of aromatic nitrogens is 2. The summed E-state index contributed by atoms with van der Waals surface area (Å²) in [5.41, 5.74) is 5.79. The van der Waals surface area contributed by atoms with E-state index in [9.17, 15) is 4.79 Å². The third-order valence-electron chi connectivity index (χ3n) is 2.17. The first-order valence-electron chi connectivity index (χ1n) is 5.05. The molecule has 2 aromatic rings. The predicted molar refractivity (Wildman–Crippen MR) is 63.5 cm³/mol. The van der Waals surface area contributed by atoms with Crippen molar-refractivity contribution in [2.45, 2.75) is 13.8 Å². The van der Waals surface area contributed by atoms with Crippen molar-refractivity contribution in [1.29, 1.82) is 0 Å². The summed E-state index contributed by atoms with van der Waals surface area (Å²) < 4.78 is 1.80. The molecule has 0 fully saturated rings. The molecule has 0 saturated carbocycles. The zero-order valence-corrected chi connectivity index (χ0v) is 9.27. The number of carbonyl (C=O) groups is 1. The van der Waals surface area contributed by atoms with Crippen LogP contribution in [0.5, 0.6) is 0 Å². The van der Waals surface area contributed by atoms with Crippen molar-refractivity contribution < 1.29 is 4.79 Å². The Morgan fingerprint density at radius 1 is 1.38 bits per heavy atom. The average molecular weight is 215 g/mol. The maximum Gasteiger partial charge on any atom is 0.154 e. The van der Waals surface area contributed by atoms with Gasteiger partial charge in [-0.1, -0.05) is 12.1 Å². The fourth-order valence-corrected chi connectivity index (χ4v) is 1.58. The molecular weight excluding hydrogens is 202 g/mol. The van der Waals surface area contributed by atoms with E-state index in [0.29, 0.717) is 0 Å². The molecule has 0 aliphatic heterocycles. The Hall–Kier alpha value is -2.10. The minimum absolute atomic E-state index is 0.0226. The van der Waals surface area contributed by atoms with E-state index in [0.717, 1.165) is 16.7 Å². The number of allylic oxidation sites excluding steroid dienone is 2. The van der Waals surface area contributed by atoms with Crippen LogP contribution in [0.1, 0.15) is 13.8 Å². The lowest BCUT2D eigenvalue weighted by Crippen LogP contribution is -2.11. The number of hydrogen-bond donors (Lipinski definition) is 1. The van der Waals surface area contributed by atoms with E-state index < -0.39 is 0 Å². The zero-order chi connectivity index (χ0) is 11.5. The number of imidazole rings is 1. The van der Waals surface area contributed by atoms with Gasteiger partial charge < -0.3 is 0 Å². The van der Waals surface area contributed by atoms with Crippen LogP contribution >= 0.6 is 0 Å². The van der Waals surface area contributed by atoms with Crippen LogP contribution in [-0.2, 0) is 4.79 Å². The summed E-state index contributed by atoms with van der Waals surface area (Å²) >= 11 is 0. The van der Waals surface area contributed by atoms with Crippen LogP contribution in [0.2, 0.25) is 0 Å². The van der Waals surface area contributed by atoms with Gasteiger partial charge in [0, 0.05) is 11.8 Å². The lowest BCUT2D eigenvalue weighted by atomic mass is 10.3. The summed E-state index contributed by atoms with van der Waals surface area (Å²) in [6, 6.07) is 7.80. The topological polar surface area (TPSA) is 46.9 Å². The number of nitrogens with one attached hydrogen (secondary N) is 1. The van der Waals surface area contributed by atoms with Crippen LogP contribution in [0.4, 0.5) is 0 Å². The molecule has 1 heterocycles. The van der Waals surface area contributed by atoms with Gasteiger partial charge in [0.2, 0.25) is 0 Å². The first-order chi connectivity index (χ1) is 7.66. The Morgan fingerprint density at radius 3 is 2.88 bits per heavy atom. The third-order valence-corrected chi connectivity index (χ3v) is 2.17. The number of benzene rings is 1. The molecule has 2 rings (SSSR count). The molecule has 1 aromatic heterocycles. The highest BCUT2D eigenvalue weighted by molar-refractivity contribution is 5.88. The molecule has 0 bridgehead atoms. The Kier molecular flexibility index (Phi) is 2.72. The highest BCUT2D eigenvalue weighted by Gasteiger charge is 2.00. The number of hydrogen-bond acceptors (Lipinski definition) is 3. The minimum Gasteiger partial charge on any atom is -0.297 e. The highest BCUT2D eigenvalue weighted by atomic mass is 16.1. The number of carbonyl (C=O) groups excluding carboxylic acids is 1. The molecular formula is C12H13N3O. The Morgan fingerprint density at radius 2 is 2.12 bits per heavy atom. The van der Waals surface area contributed by atoms with Gasteiger partial charge in [0.05, 0.1) is 11.0 Å². The monoisotopic (exact) mass is 215 g/mol. The molecule has 1 aromatic carbocycles. The zero-order valence-electron chi connectivity index (χ0n) is 9.27. The van der Waals surface area contributed by atoms with Gasteiger partial charge in [-0.25, -0.2) is 9.66 Å². The van der Waals surface area contributed by atoms with Crippen molar-refractivity contribution in [2.24, 2.45) is 0 Å². The fourth-order valence-electron chi connectivity index (χ4n) is 1.58. The van der Waals surface area contributed by atoms with Crippen molar-refractivity contribution in [3.05, 3.63) is 42.4 Å². The number of nitrogens with zero attached hydrogens (tertiary/aromatic N) is 2. The molecule has 0 aliphatic rings. The second-order valence-electron chi connectivity index (χ2n) is 3.65. The summed E-state index contributed by atoms with van der Waals surface area (Å²) in [6.07, 6.45) is 3.25. The molecule has 0 radical (unpaired) electrons. The molecule has 1 N–H and O–H groups in total. The third kappa shape index (κ3) is 2.11. The number of rotatable bonds is 3. The first kappa shape index (κ1) is 10.4. The van der Waals surface area contributed by atoms with Crippen LogP contribution in [0.25, 0.3) is 11.0 Å². The Bertz CT molecular complexity index is 554. The van der Waals surface area contributed by atoms with Crippen LogP contribution in [0.3, 0.4) is 0 Å². The quantitative estimate of drug-likeness (QED) is 0.797. The van der Waals surface area contributed by atoms with Gasteiger partial charge in [-0.15, -0.1) is 0 Å². The molecule has 0 aliphatic carbocycles. The van der Waals surface area contributed by atoms with Gasteiger partial charge in [0.15, 0.2) is 5.78 Å². The van der Waals surface area contributed by atoms with E-state index >= 15 is 0 Å². The second-order valence-corrected chi connectivity index (χ2v) is 3.65. The van der Waals surface area contributed by atoms with Crippen LogP contribution < -0.4 is 5.43 Å². The van der Waals surface area contributed by atoms with Gasteiger partial charge in [0.25, 0.3) is 0 Å². The summed E-state index contributed by atoms with van der Waals surface area (Å²) in [5, 5.41) is 0. The van der Waals surface area contributed by atoms with E-state index in [1.54, 1.807) is 17.1 Å². The van der Waals surface area contributed by atoms with E-state index in [1.165, 1.54) is 6.92 Å². The Labute approximate surface area is 93.6 Å². The van der Waals surface area contributed by atoms with Crippen LogP contribution in [0.15, 0.2) is 42.4 Å². The van der Waals surface area contributed by atoms with Crippen LogP contribution in [-0.4, -0.2) is 15.4 Å². The second kappa shape index (κ2) is 4.18. The number of ketones is 1. The molecule has 0 amide bonds. The van der Waals surface area contributed by atoms with Crippen molar-refractivity contribution in [1.82, 2.24) is 9.66 Å². The first-order valence-corrected chi connectivity index (χ1v) is 5.05. The van der Waals surface area contributed by atoms with E-state index in [1.807, 2.05) is 31.2 Å². The smallest absolute Gasteiger partial charge is 0.154 e. The number of fused-ring (bicyclic) bond motifs is 1. The highest BCUT2D eigenvalue weighted by Crippen LogP contribution is 2.10. The molecule has 4 nitrogen and oxygen atoms in total. The maximum atomic E-state index is 10.9. The SMILES string of the molecule is CC(=O)/C=C(\C)Nn1cnc2ccccc21. The van der Waals surface area contributed by atoms with Gasteiger partial charge in [-0.2, -0.15) is 0 Å². The summed E-state index contributed by atoms with van der Waals surface area (Å²) in [6.45, 7) is 3.37. The normalized spacial score (nSPS) is 11.8. The Balaban J connectivity index is 2.31. The van der Waals surface area contributed by atoms with Gasteiger partial charge in [0.1, 0.15) is 6.33 Å². The maximum absolute atomic E-state index is 10.9. The van der Waals surface area contributed by atoms with Gasteiger partial charge in [-0.05, 0) is 26.0 Å². The van der Waals surface area contributed by atoms with E-state index in [4.69, 9.17) is 0 Å². The minimum atomic E-state index is 0.0226. The van der Waals surface area contributed by atoms with Crippen molar-refractivity contribution >= 4 is 16.8 Å². The van der Waals surface area contributed by atoms with E-state index in [2.05, 4.69) is 10.4 Å². The van der Waals surface area contributed by atoms with Crippen molar-refractivity contribution in [3.63, 3.8) is 0 Å². The molecule has 0 unspecified atom stereocenters. The summed E-state index contributed by atoms with van der Waals surface area (Å²) in [5.74, 6) is 0.0226. The number of para-hydroxylation sites is 2. The average Bonchev–Trinajstić information content (AvgIpc) is 2.61. The molecule has 0 spiro atoms. The van der Waals surface area contributed by atoms with Gasteiger partial charge >= 0.3 is 0 Å². The predicted octanol–water partition coefficient (Wildman–Crippen LogP) is 2.07. The molecule has 0 saturated heterocycles. The van der Waals surface area contributed by atoms with Crippen molar-refractivity contribution in [2.75, 3.05) is 5.43 Å². The lowest BCUT2D eigenvalue weighted by Gasteiger charge is -2.07.